The van der Waals surface area contributed by atoms with Crippen molar-refractivity contribution in [3.05, 3.63) is 51.4 Å². The van der Waals surface area contributed by atoms with E-state index in [1.807, 2.05) is 52.0 Å². The van der Waals surface area contributed by atoms with Crippen molar-refractivity contribution in [2.24, 2.45) is 0 Å². The summed E-state index contributed by atoms with van der Waals surface area (Å²) in [6, 6.07) is 7.52. The maximum Gasteiger partial charge on any atom is 0.263 e. The molecule has 0 saturated carbocycles. The van der Waals surface area contributed by atoms with Crippen LogP contribution in [0.3, 0.4) is 0 Å². The molecule has 0 aliphatic rings. The first-order chi connectivity index (χ1) is 11.3. The molecular formula is C17H20ClN5O. The summed E-state index contributed by atoms with van der Waals surface area (Å²) in [5, 5.41) is 8.70. The lowest BCUT2D eigenvalue weighted by Gasteiger charge is -2.20. The van der Waals surface area contributed by atoms with E-state index in [0.29, 0.717) is 22.0 Å². The molecule has 0 fully saturated rings. The molecule has 126 valence electrons. The van der Waals surface area contributed by atoms with E-state index in [-0.39, 0.29) is 17.1 Å². The lowest BCUT2D eigenvalue weighted by Crippen LogP contribution is -2.24. The third-order valence-corrected chi connectivity index (χ3v) is 4.05. The Bertz CT molecular complexity index is 921. The highest BCUT2D eigenvalue weighted by Gasteiger charge is 2.20. The van der Waals surface area contributed by atoms with Gasteiger partial charge >= 0.3 is 0 Å². The fourth-order valence-corrected chi connectivity index (χ4v) is 2.64. The van der Waals surface area contributed by atoms with Crippen LogP contribution in [0.5, 0.6) is 0 Å². The Labute approximate surface area is 144 Å². The molecule has 1 unspecified atom stereocenters. The van der Waals surface area contributed by atoms with Gasteiger partial charge < -0.3 is 5.32 Å². The number of nitrogens with zero attached hydrogens (tertiary/aromatic N) is 3. The number of hydrogen-bond acceptors (Lipinski definition) is 4. The van der Waals surface area contributed by atoms with Crippen molar-refractivity contribution >= 4 is 28.6 Å². The molecule has 7 heteroatoms. The zero-order valence-electron chi connectivity index (χ0n) is 14.1. The maximum absolute atomic E-state index is 12.3. The summed E-state index contributed by atoms with van der Waals surface area (Å²) in [6.07, 6.45) is 1.55. The van der Waals surface area contributed by atoms with Gasteiger partial charge in [-0.25, -0.2) is 4.68 Å². The van der Waals surface area contributed by atoms with E-state index in [1.165, 1.54) is 0 Å². The van der Waals surface area contributed by atoms with E-state index in [9.17, 15) is 4.79 Å². The number of aromatic amines is 1. The first-order valence-electron chi connectivity index (χ1n) is 7.76. The number of halogens is 1. The summed E-state index contributed by atoms with van der Waals surface area (Å²) >= 11 is 5.92. The van der Waals surface area contributed by atoms with Gasteiger partial charge in [-0.05, 0) is 45.4 Å². The van der Waals surface area contributed by atoms with Crippen LogP contribution < -0.4 is 10.9 Å². The van der Waals surface area contributed by atoms with Crippen molar-refractivity contribution in [1.82, 2.24) is 19.7 Å². The molecule has 0 aliphatic carbocycles. The molecule has 2 heterocycles. The van der Waals surface area contributed by atoms with Crippen LogP contribution in [0.4, 0.5) is 5.95 Å². The molecule has 1 atom stereocenters. The normalized spacial score (nSPS) is 13.2. The molecule has 0 radical (unpaired) electrons. The summed E-state index contributed by atoms with van der Waals surface area (Å²) in [4.78, 5) is 19.6. The summed E-state index contributed by atoms with van der Waals surface area (Å²) in [5.41, 5.74) is 1.14. The number of anilines is 1. The monoisotopic (exact) mass is 345 g/mol. The molecule has 3 rings (SSSR count). The second-order valence-corrected chi connectivity index (χ2v) is 7.23. The van der Waals surface area contributed by atoms with E-state index in [0.717, 1.165) is 5.56 Å². The van der Waals surface area contributed by atoms with Crippen LogP contribution in [0, 0.1) is 0 Å². The van der Waals surface area contributed by atoms with Crippen LogP contribution in [-0.4, -0.2) is 19.7 Å². The summed E-state index contributed by atoms with van der Waals surface area (Å²) in [7, 11) is 0. The van der Waals surface area contributed by atoms with Gasteiger partial charge in [0.15, 0.2) is 5.65 Å². The minimum Gasteiger partial charge on any atom is -0.349 e. The van der Waals surface area contributed by atoms with Gasteiger partial charge in [0.25, 0.3) is 5.56 Å². The van der Waals surface area contributed by atoms with Crippen molar-refractivity contribution in [3.8, 4) is 0 Å². The van der Waals surface area contributed by atoms with E-state index in [4.69, 9.17) is 11.6 Å². The molecule has 1 aromatic carbocycles. The summed E-state index contributed by atoms with van der Waals surface area (Å²) in [6.45, 7) is 8.05. The van der Waals surface area contributed by atoms with Gasteiger partial charge in [0.2, 0.25) is 5.95 Å². The van der Waals surface area contributed by atoms with Crippen LogP contribution in [0.1, 0.15) is 39.3 Å². The first-order valence-corrected chi connectivity index (χ1v) is 8.14. The molecule has 0 aliphatic heterocycles. The average Bonchev–Trinajstić information content (AvgIpc) is 2.92. The highest BCUT2D eigenvalue weighted by atomic mass is 35.5. The van der Waals surface area contributed by atoms with Gasteiger partial charge in [-0.2, -0.15) is 10.1 Å². The van der Waals surface area contributed by atoms with Gasteiger partial charge in [0, 0.05) is 5.02 Å². The number of rotatable bonds is 3. The number of aromatic nitrogens is 4. The van der Waals surface area contributed by atoms with Crippen molar-refractivity contribution in [2.75, 3.05) is 5.32 Å². The van der Waals surface area contributed by atoms with Crippen molar-refractivity contribution in [1.29, 1.82) is 0 Å². The lowest BCUT2D eigenvalue weighted by atomic mass is 10.1. The highest BCUT2D eigenvalue weighted by molar-refractivity contribution is 6.30. The number of hydrogen-bond donors (Lipinski definition) is 2. The topological polar surface area (TPSA) is 75.6 Å². The van der Waals surface area contributed by atoms with Crippen molar-refractivity contribution < 1.29 is 0 Å². The van der Waals surface area contributed by atoms with Crippen LogP contribution in [-0.2, 0) is 5.54 Å². The molecule has 6 nitrogen and oxygen atoms in total. The van der Waals surface area contributed by atoms with Crippen LogP contribution in [0.15, 0.2) is 35.3 Å². The quantitative estimate of drug-likeness (QED) is 0.758. The van der Waals surface area contributed by atoms with E-state index in [1.54, 1.807) is 10.9 Å². The van der Waals surface area contributed by atoms with Gasteiger partial charge in [-0.15, -0.1) is 0 Å². The molecule has 24 heavy (non-hydrogen) atoms. The Morgan fingerprint density at radius 2 is 1.92 bits per heavy atom. The van der Waals surface area contributed by atoms with E-state index < -0.39 is 0 Å². The maximum atomic E-state index is 12.3. The van der Waals surface area contributed by atoms with Gasteiger partial charge in [0.1, 0.15) is 5.39 Å². The Morgan fingerprint density at radius 1 is 1.25 bits per heavy atom. The van der Waals surface area contributed by atoms with Gasteiger partial charge in [-0.1, -0.05) is 23.7 Å². The minimum absolute atomic E-state index is 0.0334. The molecule has 0 amide bonds. The van der Waals surface area contributed by atoms with Crippen molar-refractivity contribution in [3.63, 3.8) is 0 Å². The number of fused-ring (bicyclic) bond motifs is 1. The van der Waals surface area contributed by atoms with Crippen molar-refractivity contribution in [2.45, 2.75) is 39.3 Å². The number of nitrogens with one attached hydrogen (secondary N) is 2. The van der Waals surface area contributed by atoms with E-state index >= 15 is 0 Å². The Hall–Kier alpha value is -2.34. The standard InChI is InChI=1S/C17H20ClN5O/c1-10(11-5-7-12(18)8-6-11)20-16-21-14-13(15(24)22-16)9-19-23(14)17(2,3)4/h5-10H,1-4H3,(H2,20,21,22,24). The van der Waals surface area contributed by atoms with Gasteiger partial charge in [-0.3, -0.25) is 9.78 Å². The largest absolute Gasteiger partial charge is 0.349 e. The molecule has 2 aromatic heterocycles. The summed E-state index contributed by atoms with van der Waals surface area (Å²) < 4.78 is 1.76. The molecule has 0 bridgehead atoms. The van der Waals surface area contributed by atoms with Crippen LogP contribution in [0.2, 0.25) is 5.02 Å². The SMILES string of the molecule is CC(Nc1nc2c(cnn2C(C)(C)C)c(=O)[nH]1)c1ccc(Cl)cc1. The summed E-state index contributed by atoms with van der Waals surface area (Å²) in [5.74, 6) is 0.418. The fourth-order valence-electron chi connectivity index (χ4n) is 2.52. The molecule has 0 spiro atoms. The molecule has 0 saturated heterocycles. The first kappa shape index (κ1) is 16.5. The number of H-pyrrole nitrogens is 1. The Morgan fingerprint density at radius 3 is 2.54 bits per heavy atom. The smallest absolute Gasteiger partial charge is 0.263 e. The van der Waals surface area contributed by atoms with Crippen LogP contribution >= 0.6 is 11.6 Å². The van der Waals surface area contributed by atoms with Gasteiger partial charge in [0.05, 0.1) is 17.8 Å². The fraction of sp³-hybridized carbons (Fsp3) is 0.353. The Kier molecular flexibility index (Phi) is 4.09. The zero-order chi connectivity index (χ0) is 17.5. The lowest BCUT2D eigenvalue weighted by molar-refractivity contribution is 0.366. The predicted molar refractivity (Wildman–Crippen MR) is 96.6 cm³/mol. The third-order valence-electron chi connectivity index (χ3n) is 3.80. The minimum atomic E-state index is -0.262. The van der Waals surface area contributed by atoms with Crippen LogP contribution in [0.25, 0.3) is 11.0 Å². The molecular weight excluding hydrogens is 326 g/mol. The highest BCUT2D eigenvalue weighted by Crippen LogP contribution is 2.21. The third kappa shape index (κ3) is 3.14. The predicted octanol–water partition coefficient (Wildman–Crippen LogP) is 3.70. The van der Waals surface area contributed by atoms with E-state index in [2.05, 4.69) is 20.4 Å². The Balaban J connectivity index is 1.98. The average molecular weight is 346 g/mol. The molecule has 2 N–H and O–H groups in total. The second-order valence-electron chi connectivity index (χ2n) is 6.80. The second kappa shape index (κ2) is 5.94. The number of benzene rings is 1. The zero-order valence-corrected chi connectivity index (χ0v) is 14.8. The molecule has 3 aromatic rings.